The van der Waals surface area contributed by atoms with Gasteiger partial charge in [0.25, 0.3) is 0 Å². The van der Waals surface area contributed by atoms with Crippen molar-refractivity contribution in [1.29, 1.82) is 0 Å². The normalized spacial score (nSPS) is 12.8. The van der Waals surface area contributed by atoms with Crippen molar-refractivity contribution >= 4 is 13.2 Å². The van der Waals surface area contributed by atoms with Gasteiger partial charge in [-0.1, -0.05) is 86.3 Å². The Balaban J connectivity index is 2.23. The van der Waals surface area contributed by atoms with Gasteiger partial charge in [0, 0.05) is 5.16 Å². The molecule has 0 heterocycles. The molecule has 0 aliphatic rings. The minimum absolute atomic E-state index is 0.0113. The van der Waals surface area contributed by atoms with Crippen LogP contribution in [0.1, 0.15) is 34.7 Å². The van der Waals surface area contributed by atoms with Crippen molar-refractivity contribution < 1.29 is 0 Å². The van der Waals surface area contributed by atoms with Crippen molar-refractivity contribution in [2.75, 3.05) is 6.66 Å². The van der Waals surface area contributed by atoms with Gasteiger partial charge in [0.2, 0.25) is 0 Å². The number of hydrogen-bond donors (Lipinski definition) is 0. The van der Waals surface area contributed by atoms with E-state index in [1.165, 1.54) is 33.1 Å². The van der Waals surface area contributed by atoms with E-state index in [4.69, 9.17) is 0 Å². The molecule has 1 heteroatoms. The van der Waals surface area contributed by atoms with Gasteiger partial charge in [-0.2, -0.15) is 0 Å². The van der Waals surface area contributed by atoms with Crippen molar-refractivity contribution in [3.05, 3.63) is 101 Å². The molecule has 0 nitrogen and oxygen atoms in total. The third kappa shape index (κ3) is 3.29. The summed E-state index contributed by atoms with van der Waals surface area (Å²) in [6.45, 7) is 11.6. The van der Waals surface area contributed by atoms with Crippen LogP contribution >= 0.6 is 7.92 Å². The van der Waals surface area contributed by atoms with Crippen LogP contribution in [-0.2, 0) is 5.16 Å². The Morgan fingerprint density at radius 2 is 1.08 bits per heavy atom. The smallest absolute Gasteiger partial charge is 0.0412 e. The highest BCUT2D eigenvalue weighted by Gasteiger charge is 2.36. The first kappa shape index (κ1) is 17.9. The molecular weight excluding hydrogens is 319 g/mol. The van der Waals surface area contributed by atoms with E-state index in [-0.39, 0.29) is 5.16 Å². The number of benzene rings is 3. The molecule has 0 fully saturated rings. The van der Waals surface area contributed by atoms with Gasteiger partial charge in [0.15, 0.2) is 0 Å². The predicted molar refractivity (Wildman–Crippen MR) is 112 cm³/mol. The van der Waals surface area contributed by atoms with E-state index in [0.29, 0.717) is 0 Å². The first-order chi connectivity index (χ1) is 11.9. The van der Waals surface area contributed by atoms with Crippen molar-refractivity contribution in [1.82, 2.24) is 0 Å². The highest BCUT2D eigenvalue weighted by Crippen LogP contribution is 2.57. The number of aryl methyl sites for hydroxylation is 3. The van der Waals surface area contributed by atoms with Crippen LogP contribution in [-0.4, -0.2) is 6.66 Å². The van der Waals surface area contributed by atoms with E-state index in [0.717, 1.165) is 0 Å². The third-order valence-electron chi connectivity index (χ3n) is 5.31. The van der Waals surface area contributed by atoms with Gasteiger partial charge < -0.3 is 0 Å². The van der Waals surface area contributed by atoms with Gasteiger partial charge in [-0.3, -0.25) is 0 Å². The third-order valence-corrected chi connectivity index (χ3v) is 8.55. The second-order valence-corrected chi connectivity index (χ2v) is 9.57. The van der Waals surface area contributed by atoms with Gasteiger partial charge in [0.05, 0.1) is 0 Å². The molecule has 25 heavy (non-hydrogen) atoms. The maximum atomic E-state index is 2.44. The topological polar surface area (TPSA) is 0 Å². The first-order valence-corrected chi connectivity index (χ1v) is 10.7. The molecule has 0 aliphatic carbocycles. The highest BCUT2D eigenvalue weighted by atomic mass is 31.1. The van der Waals surface area contributed by atoms with Crippen LogP contribution in [0.2, 0.25) is 0 Å². The molecule has 0 radical (unpaired) electrons. The summed E-state index contributed by atoms with van der Waals surface area (Å²) >= 11 is 0. The Hall–Kier alpha value is -1.91. The minimum atomic E-state index is -0.428. The van der Waals surface area contributed by atoms with E-state index in [2.05, 4.69) is 107 Å². The Morgan fingerprint density at radius 1 is 0.680 bits per heavy atom. The van der Waals surface area contributed by atoms with Crippen LogP contribution in [0.5, 0.6) is 0 Å². The first-order valence-electron chi connectivity index (χ1n) is 8.87. The average Bonchev–Trinajstić information content (AvgIpc) is 2.61. The van der Waals surface area contributed by atoms with Crippen LogP contribution in [0.25, 0.3) is 0 Å². The van der Waals surface area contributed by atoms with E-state index in [1.807, 2.05) is 0 Å². The summed E-state index contributed by atoms with van der Waals surface area (Å²) in [4.78, 5) is 0. The Kier molecular flexibility index (Phi) is 5.11. The fourth-order valence-corrected chi connectivity index (χ4v) is 6.71. The molecule has 1 atom stereocenters. The van der Waals surface area contributed by atoms with Crippen molar-refractivity contribution in [2.45, 2.75) is 32.9 Å². The summed E-state index contributed by atoms with van der Waals surface area (Å²) in [7, 11) is -0.428. The second-order valence-electron chi connectivity index (χ2n) is 7.11. The van der Waals surface area contributed by atoms with Crippen LogP contribution in [0.3, 0.4) is 0 Å². The lowest BCUT2D eigenvalue weighted by molar-refractivity contribution is 0.825. The molecule has 0 saturated carbocycles. The summed E-state index contributed by atoms with van der Waals surface area (Å²) in [5.41, 5.74) is 6.99. The van der Waals surface area contributed by atoms with Crippen LogP contribution in [0, 0.1) is 20.8 Å². The monoisotopic (exact) mass is 346 g/mol. The van der Waals surface area contributed by atoms with Gasteiger partial charge >= 0.3 is 0 Å². The SMILES string of the molecule is Cc1cc(C)c(P(C)C(C)(c2ccccc2)c2ccccc2)c(C)c1. The lowest BCUT2D eigenvalue weighted by Gasteiger charge is -2.39. The van der Waals surface area contributed by atoms with Crippen molar-refractivity contribution in [3.63, 3.8) is 0 Å². The molecule has 0 aromatic heterocycles. The fraction of sp³-hybridized carbons (Fsp3) is 0.250. The molecule has 0 bridgehead atoms. The van der Waals surface area contributed by atoms with Gasteiger partial charge in [-0.25, -0.2) is 0 Å². The molecule has 3 rings (SSSR count). The van der Waals surface area contributed by atoms with Gasteiger partial charge in [-0.05, 0) is 61.9 Å². The molecule has 1 unspecified atom stereocenters. The molecule has 0 saturated heterocycles. The number of rotatable bonds is 4. The average molecular weight is 346 g/mol. The summed E-state index contributed by atoms with van der Waals surface area (Å²) in [5.74, 6) is 0. The fourth-order valence-electron chi connectivity index (χ4n) is 4.00. The molecular formula is C24H27P. The highest BCUT2D eigenvalue weighted by molar-refractivity contribution is 7.66. The minimum Gasteiger partial charge on any atom is -0.0628 e. The zero-order chi connectivity index (χ0) is 18.0. The largest absolute Gasteiger partial charge is 0.0628 e. The maximum Gasteiger partial charge on any atom is 0.0412 e. The van der Waals surface area contributed by atoms with Crippen LogP contribution in [0.15, 0.2) is 72.8 Å². The van der Waals surface area contributed by atoms with Gasteiger partial charge in [-0.15, -0.1) is 0 Å². The van der Waals surface area contributed by atoms with Crippen molar-refractivity contribution in [3.8, 4) is 0 Å². The summed E-state index contributed by atoms with van der Waals surface area (Å²) in [6, 6.07) is 26.6. The summed E-state index contributed by atoms with van der Waals surface area (Å²) in [5, 5.41) is 1.53. The molecule has 0 amide bonds. The molecule has 3 aromatic rings. The Labute approximate surface area is 153 Å². The zero-order valence-electron chi connectivity index (χ0n) is 15.9. The van der Waals surface area contributed by atoms with Gasteiger partial charge in [0.1, 0.15) is 0 Å². The predicted octanol–water partition coefficient (Wildman–Crippen LogP) is 6.31. The molecule has 0 N–H and O–H groups in total. The van der Waals surface area contributed by atoms with Crippen molar-refractivity contribution in [2.24, 2.45) is 0 Å². The summed E-state index contributed by atoms with van der Waals surface area (Å²) < 4.78 is 0. The van der Waals surface area contributed by atoms with E-state index >= 15 is 0 Å². The van der Waals surface area contributed by atoms with E-state index in [9.17, 15) is 0 Å². The zero-order valence-corrected chi connectivity index (χ0v) is 16.8. The quantitative estimate of drug-likeness (QED) is 0.485. The molecule has 0 aliphatic heterocycles. The molecule has 128 valence electrons. The Bertz CT molecular complexity index is 787. The maximum absolute atomic E-state index is 2.44. The van der Waals surface area contributed by atoms with Crippen LogP contribution in [0.4, 0.5) is 0 Å². The lowest BCUT2D eigenvalue weighted by Crippen LogP contribution is -2.28. The summed E-state index contributed by atoms with van der Waals surface area (Å²) in [6.07, 6.45) is 0. The number of hydrogen-bond acceptors (Lipinski definition) is 0. The Morgan fingerprint density at radius 3 is 1.48 bits per heavy atom. The molecule has 0 spiro atoms. The lowest BCUT2D eigenvalue weighted by atomic mass is 9.92. The standard InChI is InChI=1S/C24H27P/c1-18-16-19(2)23(20(3)17-18)25(5)24(4,21-12-8-6-9-13-21)22-14-10-7-11-15-22/h6-17H,1-5H3. The van der Waals surface area contributed by atoms with E-state index in [1.54, 1.807) is 0 Å². The van der Waals surface area contributed by atoms with Crippen LogP contribution < -0.4 is 5.30 Å². The second kappa shape index (κ2) is 7.14. The van der Waals surface area contributed by atoms with E-state index < -0.39 is 7.92 Å². The molecule has 3 aromatic carbocycles.